The third kappa shape index (κ3) is 3.40. The van der Waals surface area contributed by atoms with Gasteiger partial charge < -0.3 is 5.32 Å². The van der Waals surface area contributed by atoms with Crippen LogP contribution >= 0.6 is 11.3 Å². The molecule has 0 bridgehead atoms. The van der Waals surface area contributed by atoms with Crippen LogP contribution in [0, 0.1) is 6.92 Å². The van der Waals surface area contributed by atoms with Gasteiger partial charge in [0.15, 0.2) is 5.82 Å². The summed E-state index contributed by atoms with van der Waals surface area (Å²) >= 11 is 1.63. The Kier molecular flexibility index (Phi) is 4.29. The van der Waals surface area contributed by atoms with Gasteiger partial charge in [-0.25, -0.2) is 9.67 Å². The number of thiophene rings is 1. The minimum Gasteiger partial charge on any atom is -0.350 e. The zero-order valence-electron chi connectivity index (χ0n) is 12.2. The average molecular weight is 312 g/mol. The molecule has 1 aromatic carbocycles. The summed E-state index contributed by atoms with van der Waals surface area (Å²) in [4.78, 5) is 17.7. The van der Waals surface area contributed by atoms with Gasteiger partial charge >= 0.3 is 0 Å². The van der Waals surface area contributed by atoms with Crippen LogP contribution in [-0.2, 0) is 17.9 Å². The van der Waals surface area contributed by atoms with E-state index in [0.29, 0.717) is 18.2 Å². The van der Waals surface area contributed by atoms with Crippen LogP contribution in [0.3, 0.4) is 0 Å². The Hall–Kier alpha value is -2.47. The molecule has 0 aliphatic heterocycles. The normalized spacial score (nSPS) is 10.6. The predicted octanol–water partition coefficient (Wildman–Crippen LogP) is 2.63. The Morgan fingerprint density at radius 1 is 1.23 bits per heavy atom. The van der Waals surface area contributed by atoms with Gasteiger partial charge in [-0.2, -0.15) is 5.10 Å². The van der Waals surface area contributed by atoms with Crippen LogP contribution in [0.15, 0.2) is 47.8 Å². The van der Waals surface area contributed by atoms with Crippen LogP contribution in [0.2, 0.25) is 0 Å². The van der Waals surface area contributed by atoms with Gasteiger partial charge in [0.05, 0.1) is 6.54 Å². The van der Waals surface area contributed by atoms with Crippen molar-refractivity contribution in [1.29, 1.82) is 0 Å². The van der Waals surface area contributed by atoms with Gasteiger partial charge in [0.1, 0.15) is 12.4 Å². The highest BCUT2D eigenvalue weighted by atomic mass is 32.1. The van der Waals surface area contributed by atoms with Gasteiger partial charge in [-0.3, -0.25) is 4.79 Å². The molecule has 2 aromatic heterocycles. The second kappa shape index (κ2) is 6.53. The number of aryl methyl sites for hydroxylation is 1. The maximum atomic E-state index is 12.1. The summed E-state index contributed by atoms with van der Waals surface area (Å²) in [6.07, 6.45) is 0. The standard InChI is InChI=1S/C16H16N4OS/c1-12-18-16(13-6-3-2-4-7-13)20(19-12)11-15(21)17-10-14-8-5-9-22-14/h2-9H,10-11H2,1H3,(H,17,21). The summed E-state index contributed by atoms with van der Waals surface area (Å²) in [7, 11) is 0. The second-order valence-electron chi connectivity index (χ2n) is 4.86. The van der Waals surface area contributed by atoms with E-state index >= 15 is 0 Å². The van der Waals surface area contributed by atoms with E-state index in [-0.39, 0.29) is 12.5 Å². The molecular formula is C16H16N4OS. The SMILES string of the molecule is Cc1nc(-c2ccccc2)n(CC(=O)NCc2cccs2)n1. The maximum absolute atomic E-state index is 12.1. The fraction of sp³-hybridized carbons (Fsp3) is 0.188. The predicted molar refractivity (Wildman–Crippen MR) is 86.4 cm³/mol. The van der Waals surface area contributed by atoms with Crippen LogP contribution in [0.1, 0.15) is 10.7 Å². The zero-order chi connectivity index (χ0) is 15.4. The van der Waals surface area contributed by atoms with Gasteiger partial charge in [-0.05, 0) is 18.4 Å². The number of nitrogens with zero attached hydrogens (tertiary/aromatic N) is 3. The molecule has 0 fully saturated rings. The quantitative estimate of drug-likeness (QED) is 0.788. The van der Waals surface area contributed by atoms with Gasteiger partial charge in [0.2, 0.25) is 5.91 Å². The number of rotatable bonds is 5. The van der Waals surface area contributed by atoms with E-state index in [2.05, 4.69) is 15.4 Å². The second-order valence-corrected chi connectivity index (χ2v) is 5.89. The summed E-state index contributed by atoms with van der Waals surface area (Å²) in [5, 5.41) is 9.22. The van der Waals surface area contributed by atoms with Crippen molar-refractivity contribution in [2.75, 3.05) is 0 Å². The van der Waals surface area contributed by atoms with E-state index in [1.54, 1.807) is 16.0 Å². The molecule has 5 nitrogen and oxygen atoms in total. The summed E-state index contributed by atoms with van der Waals surface area (Å²) in [6, 6.07) is 13.7. The lowest BCUT2D eigenvalue weighted by Gasteiger charge is -2.07. The number of benzene rings is 1. The van der Waals surface area contributed by atoms with E-state index < -0.39 is 0 Å². The number of aromatic nitrogens is 3. The highest BCUT2D eigenvalue weighted by molar-refractivity contribution is 7.09. The molecule has 0 aliphatic carbocycles. The van der Waals surface area contributed by atoms with E-state index in [1.807, 2.05) is 54.8 Å². The summed E-state index contributed by atoms with van der Waals surface area (Å²) in [5.41, 5.74) is 0.953. The molecule has 2 heterocycles. The van der Waals surface area contributed by atoms with Crippen molar-refractivity contribution >= 4 is 17.2 Å². The van der Waals surface area contributed by atoms with Crippen LogP contribution in [0.4, 0.5) is 0 Å². The molecule has 0 aliphatic rings. The molecule has 112 valence electrons. The van der Waals surface area contributed by atoms with E-state index in [9.17, 15) is 4.79 Å². The first-order chi connectivity index (χ1) is 10.7. The smallest absolute Gasteiger partial charge is 0.242 e. The molecule has 1 amide bonds. The van der Waals surface area contributed by atoms with Crippen molar-refractivity contribution in [3.63, 3.8) is 0 Å². The zero-order valence-corrected chi connectivity index (χ0v) is 13.0. The molecular weight excluding hydrogens is 296 g/mol. The molecule has 6 heteroatoms. The molecule has 0 spiro atoms. The van der Waals surface area contributed by atoms with Crippen molar-refractivity contribution < 1.29 is 4.79 Å². The molecule has 0 unspecified atom stereocenters. The van der Waals surface area contributed by atoms with Crippen molar-refractivity contribution in [3.8, 4) is 11.4 Å². The number of nitrogens with one attached hydrogen (secondary N) is 1. The number of hydrogen-bond acceptors (Lipinski definition) is 4. The van der Waals surface area contributed by atoms with E-state index in [1.165, 1.54) is 0 Å². The summed E-state index contributed by atoms with van der Waals surface area (Å²) in [5.74, 6) is 1.30. The first kappa shape index (κ1) is 14.5. The summed E-state index contributed by atoms with van der Waals surface area (Å²) in [6.45, 7) is 2.54. The van der Waals surface area contributed by atoms with Crippen LogP contribution < -0.4 is 5.32 Å². The van der Waals surface area contributed by atoms with Gasteiger partial charge in [-0.1, -0.05) is 36.4 Å². The van der Waals surface area contributed by atoms with Gasteiger partial charge in [-0.15, -0.1) is 11.3 Å². The molecule has 0 saturated carbocycles. The Morgan fingerprint density at radius 3 is 2.77 bits per heavy atom. The third-order valence-corrected chi connectivity index (χ3v) is 4.02. The fourth-order valence-electron chi connectivity index (χ4n) is 2.16. The molecule has 3 aromatic rings. The number of amides is 1. The lowest BCUT2D eigenvalue weighted by Crippen LogP contribution is -2.27. The average Bonchev–Trinajstić information content (AvgIpc) is 3.16. The molecule has 0 atom stereocenters. The molecule has 0 saturated heterocycles. The van der Waals surface area contributed by atoms with Crippen molar-refractivity contribution in [2.45, 2.75) is 20.0 Å². The Bertz CT molecular complexity index is 750. The van der Waals surface area contributed by atoms with Crippen LogP contribution in [-0.4, -0.2) is 20.7 Å². The van der Waals surface area contributed by atoms with E-state index in [0.717, 1.165) is 10.4 Å². The molecule has 22 heavy (non-hydrogen) atoms. The van der Waals surface area contributed by atoms with E-state index in [4.69, 9.17) is 0 Å². The van der Waals surface area contributed by atoms with Crippen molar-refractivity contribution in [2.24, 2.45) is 0 Å². The van der Waals surface area contributed by atoms with Gasteiger partial charge in [0.25, 0.3) is 0 Å². The van der Waals surface area contributed by atoms with Crippen molar-refractivity contribution in [3.05, 3.63) is 58.5 Å². The Morgan fingerprint density at radius 2 is 2.05 bits per heavy atom. The Labute approximate surface area is 132 Å². The summed E-state index contributed by atoms with van der Waals surface area (Å²) < 4.78 is 1.65. The minimum absolute atomic E-state index is 0.0736. The highest BCUT2D eigenvalue weighted by Crippen LogP contribution is 2.16. The van der Waals surface area contributed by atoms with Crippen molar-refractivity contribution in [1.82, 2.24) is 20.1 Å². The fourth-order valence-corrected chi connectivity index (χ4v) is 2.80. The largest absolute Gasteiger partial charge is 0.350 e. The maximum Gasteiger partial charge on any atom is 0.242 e. The Balaban J connectivity index is 1.71. The molecule has 3 rings (SSSR count). The van der Waals surface area contributed by atoms with Crippen LogP contribution in [0.25, 0.3) is 11.4 Å². The first-order valence-corrected chi connectivity index (χ1v) is 7.86. The lowest BCUT2D eigenvalue weighted by molar-refractivity contribution is -0.121. The minimum atomic E-state index is -0.0736. The van der Waals surface area contributed by atoms with Gasteiger partial charge in [0, 0.05) is 10.4 Å². The molecule has 1 N–H and O–H groups in total. The number of carbonyl (C=O) groups excluding carboxylic acids is 1. The lowest BCUT2D eigenvalue weighted by atomic mass is 10.2. The monoisotopic (exact) mass is 312 g/mol. The third-order valence-electron chi connectivity index (χ3n) is 3.14. The number of carbonyl (C=O) groups is 1. The van der Waals surface area contributed by atoms with Crippen LogP contribution in [0.5, 0.6) is 0 Å². The number of hydrogen-bond donors (Lipinski definition) is 1. The highest BCUT2D eigenvalue weighted by Gasteiger charge is 2.12. The molecule has 0 radical (unpaired) electrons. The first-order valence-electron chi connectivity index (χ1n) is 6.98. The topological polar surface area (TPSA) is 59.8 Å².